The number of nitrogens with zero attached hydrogens (tertiary/aromatic N) is 2. The lowest BCUT2D eigenvalue weighted by Crippen LogP contribution is -2.17. The first-order valence-corrected chi connectivity index (χ1v) is 6.05. The molecule has 0 spiro atoms. The van der Waals surface area contributed by atoms with Crippen LogP contribution in [0, 0.1) is 5.82 Å². The number of halogens is 2. The highest BCUT2D eigenvalue weighted by molar-refractivity contribution is 6.29. The molecule has 0 bridgehead atoms. The Bertz CT molecular complexity index is 449. The molecule has 0 radical (unpaired) electrons. The molecule has 1 aromatic heterocycles. The second kappa shape index (κ2) is 5.94. The van der Waals surface area contributed by atoms with Crippen LogP contribution in [0.4, 0.5) is 4.39 Å². The van der Waals surface area contributed by atoms with E-state index in [4.69, 9.17) is 11.6 Å². The summed E-state index contributed by atoms with van der Waals surface area (Å²) in [5.74, 6) is -0.205. The molecular formula is C14H14ClFN2. The smallest absolute Gasteiger partial charge is 0.129 e. The number of hydrogen-bond donors (Lipinski definition) is 0. The first kappa shape index (κ1) is 13.0. The van der Waals surface area contributed by atoms with Crippen molar-refractivity contribution in [3.05, 3.63) is 64.7 Å². The summed E-state index contributed by atoms with van der Waals surface area (Å²) in [6.45, 7) is 1.55. The monoisotopic (exact) mass is 264 g/mol. The van der Waals surface area contributed by atoms with Gasteiger partial charge in [-0.15, -0.1) is 0 Å². The van der Waals surface area contributed by atoms with Crippen molar-refractivity contribution in [1.29, 1.82) is 0 Å². The van der Waals surface area contributed by atoms with Gasteiger partial charge >= 0.3 is 0 Å². The molecular weight excluding hydrogens is 251 g/mol. The van der Waals surface area contributed by atoms with Gasteiger partial charge in [-0.1, -0.05) is 29.8 Å². The Hall–Kier alpha value is -1.45. The van der Waals surface area contributed by atoms with E-state index in [0.29, 0.717) is 5.15 Å². The fourth-order valence-electron chi connectivity index (χ4n) is 1.77. The second-order valence-electron chi connectivity index (χ2n) is 4.29. The van der Waals surface area contributed by atoms with Crippen LogP contribution < -0.4 is 0 Å². The maximum atomic E-state index is 12.8. The van der Waals surface area contributed by atoms with E-state index in [-0.39, 0.29) is 5.82 Å². The molecule has 0 atom stereocenters. The summed E-state index contributed by atoms with van der Waals surface area (Å²) in [6.07, 6.45) is 1.77. The fraction of sp³-hybridized carbons (Fsp3) is 0.214. The molecule has 4 heteroatoms. The topological polar surface area (TPSA) is 16.1 Å². The molecule has 1 heterocycles. The van der Waals surface area contributed by atoms with Crippen LogP contribution in [0.5, 0.6) is 0 Å². The number of benzene rings is 1. The van der Waals surface area contributed by atoms with Gasteiger partial charge < -0.3 is 0 Å². The van der Waals surface area contributed by atoms with Gasteiger partial charge in [0.25, 0.3) is 0 Å². The third kappa shape index (κ3) is 3.79. The molecule has 1 aromatic carbocycles. The van der Waals surface area contributed by atoms with Crippen LogP contribution in [-0.4, -0.2) is 16.9 Å². The maximum absolute atomic E-state index is 12.8. The first-order chi connectivity index (χ1) is 8.63. The van der Waals surface area contributed by atoms with E-state index in [9.17, 15) is 4.39 Å². The molecule has 0 N–H and O–H groups in total. The van der Waals surface area contributed by atoms with E-state index in [2.05, 4.69) is 9.88 Å². The molecule has 0 aliphatic rings. The minimum atomic E-state index is -0.205. The molecule has 94 valence electrons. The highest BCUT2D eigenvalue weighted by Gasteiger charge is 2.02. The Morgan fingerprint density at radius 2 is 1.67 bits per heavy atom. The normalized spacial score (nSPS) is 10.9. The second-order valence-corrected chi connectivity index (χ2v) is 4.68. The average molecular weight is 265 g/mol. The van der Waals surface area contributed by atoms with Crippen molar-refractivity contribution in [3.8, 4) is 0 Å². The van der Waals surface area contributed by atoms with Crippen LogP contribution in [0.15, 0.2) is 42.6 Å². The van der Waals surface area contributed by atoms with Crippen LogP contribution in [0.25, 0.3) is 0 Å². The predicted octanol–water partition coefficient (Wildman–Crippen LogP) is 3.51. The number of pyridine rings is 1. The van der Waals surface area contributed by atoms with Crippen molar-refractivity contribution in [2.75, 3.05) is 7.05 Å². The van der Waals surface area contributed by atoms with Gasteiger partial charge in [-0.3, -0.25) is 4.90 Å². The van der Waals surface area contributed by atoms with Gasteiger partial charge in [0.2, 0.25) is 0 Å². The number of rotatable bonds is 4. The minimum absolute atomic E-state index is 0.205. The number of hydrogen-bond acceptors (Lipinski definition) is 2. The van der Waals surface area contributed by atoms with Crippen molar-refractivity contribution in [2.45, 2.75) is 13.1 Å². The van der Waals surface area contributed by atoms with Gasteiger partial charge in [-0.25, -0.2) is 9.37 Å². The molecule has 0 saturated carbocycles. The fourth-order valence-corrected chi connectivity index (χ4v) is 1.88. The summed E-state index contributed by atoms with van der Waals surface area (Å²) in [7, 11) is 2.01. The van der Waals surface area contributed by atoms with Gasteiger partial charge in [0.15, 0.2) is 0 Å². The van der Waals surface area contributed by atoms with E-state index >= 15 is 0 Å². The SMILES string of the molecule is CN(Cc1ccc(F)cc1)Cc1ccc(Cl)nc1. The average Bonchev–Trinajstić information content (AvgIpc) is 2.35. The van der Waals surface area contributed by atoms with Crippen molar-refractivity contribution >= 4 is 11.6 Å². The molecule has 2 rings (SSSR count). The largest absolute Gasteiger partial charge is 0.298 e. The standard InChI is InChI=1S/C14H14ClFN2/c1-18(9-11-2-5-13(16)6-3-11)10-12-4-7-14(15)17-8-12/h2-8H,9-10H2,1H3. The van der Waals surface area contributed by atoms with Crippen LogP contribution >= 0.6 is 11.6 Å². The number of aromatic nitrogens is 1. The van der Waals surface area contributed by atoms with Gasteiger partial charge in [-0.05, 0) is 36.4 Å². The van der Waals surface area contributed by atoms with Gasteiger partial charge in [0.1, 0.15) is 11.0 Å². The Labute approximate surface area is 111 Å². The molecule has 0 saturated heterocycles. The third-order valence-electron chi connectivity index (χ3n) is 2.61. The Morgan fingerprint density at radius 1 is 1.06 bits per heavy atom. The van der Waals surface area contributed by atoms with E-state index in [1.807, 2.05) is 13.1 Å². The van der Waals surface area contributed by atoms with E-state index in [1.165, 1.54) is 12.1 Å². The van der Waals surface area contributed by atoms with Crippen molar-refractivity contribution in [3.63, 3.8) is 0 Å². The minimum Gasteiger partial charge on any atom is -0.298 e. The summed E-state index contributed by atoms with van der Waals surface area (Å²) >= 11 is 5.73. The molecule has 0 amide bonds. The molecule has 0 aliphatic carbocycles. The predicted molar refractivity (Wildman–Crippen MR) is 70.8 cm³/mol. The van der Waals surface area contributed by atoms with Gasteiger partial charge in [0.05, 0.1) is 0 Å². The zero-order chi connectivity index (χ0) is 13.0. The summed E-state index contributed by atoms with van der Waals surface area (Å²) in [4.78, 5) is 6.18. The molecule has 0 fully saturated rings. The molecule has 0 aliphatic heterocycles. The van der Waals surface area contributed by atoms with Crippen LogP contribution in [0.2, 0.25) is 5.15 Å². The Kier molecular flexibility index (Phi) is 4.28. The summed E-state index contributed by atoms with van der Waals surface area (Å²) in [6, 6.07) is 10.3. The lowest BCUT2D eigenvalue weighted by Gasteiger charge is -2.16. The third-order valence-corrected chi connectivity index (χ3v) is 2.83. The van der Waals surface area contributed by atoms with Gasteiger partial charge in [0, 0.05) is 19.3 Å². The lowest BCUT2D eigenvalue weighted by molar-refractivity contribution is 0.318. The van der Waals surface area contributed by atoms with Crippen molar-refractivity contribution in [1.82, 2.24) is 9.88 Å². The Balaban J connectivity index is 1.94. The zero-order valence-electron chi connectivity index (χ0n) is 10.1. The Morgan fingerprint density at radius 3 is 2.28 bits per heavy atom. The quantitative estimate of drug-likeness (QED) is 0.786. The highest BCUT2D eigenvalue weighted by Crippen LogP contribution is 2.10. The molecule has 2 aromatic rings. The zero-order valence-corrected chi connectivity index (χ0v) is 10.9. The first-order valence-electron chi connectivity index (χ1n) is 5.67. The molecule has 0 unspecified atom stereocenters. The van der Waals surface area contributed by atoms with Crippen molar-refractivity contribution in [2.24, 2.45) is 0 Å². The van der Waals surface area contributed by atoms with Crippen LogP contribution in [0.3, 0.4) is 0 Å². The van der Waals surface area contributed by atoms with Crippen molar-refractivity contribution < 1.29 is 4.39 Å². The lowest BCUT2D eigenvalue weighted by atomic mass is 10.2. The summed E-state index contributed by atoms with van der Waals surface area (Å²) in [5, 5.41) is 0.500. The highest BCUT2D eigenvalue weighted by atomic mass is 35.5. The van der Waals surface area contributed by atoms with E-state index in [1.54, 1.807) is 24.4 Å². The van der Waals surface area contributed by atoms with Gasteiger partial charge in [-0.2, -0.15) is 0 Å². The summed E-state index contributed by atoms with van der Waals surface area (Å²) < 4.78 is 12.8. The molecule has 18 heavy (non-hydrogen) atoms. The maximum Gasteiger partial charge on any atom is 0.129 e. The molecule has 2 nitrogen and oxygen atoms in total. The van der Waals surface area contributed by atoms with E-state index < -0.39 is 0 Å². The summed E-state index contributed by atoms with van der Waals surface area (Å²) in [5.41, 5.74) is 2.19. The van der Waals surface area contributed by atoms with E-state index in [0.717, 1.165) is 24.2 Å². The van der Waals surface area contributed by atoms with Crippen LogP contribution in [-0.2, 0) is 13.1 Å². The van der Waals surface area contributed by atoms with Crippen LogP contribution in [0.1, 0.15) is 11.1 Å².